The van der Waals surface area contributed by atoms with Crippen LogP contribution in [0.5, 0.6) is 0 Å². The highest BCUT2D eigenvalue weighted by atomic mass is 16.5. The summed E-state index contributed by atoms with van der Waals surface area (Å²) in [5, 5.41) is 14.4. The van der Waals surface area contributed by atoms with Crippen LogP contribution in [-0.2, 0) is 9.53 Å². The lowest BCUT2D eigenvalue weighted by Gasteiger charge is -2.16. The number of benzene rings is 2. The van der Waals surface area contributed by atoms with Gasteiger partial charge in [0.05, 0.1) is 18.4 Å². The Morgan fingerprint density at radius 2 is 1.65 bits per heavy atom. The van der Waals surface area contributed by atoms with E-state index in [2.05, 4.69) is 22.8 Å². The molecule has 2 amide bonds. The van der Waals surface area contributed by atoms with Gasteiger partial charge in [-0.25, -0.2) is 4.79 Å². The summed E-state index contributed by atoms with van der Waals surface area (Å²) in [7, 11) is 0. The molecular weight excluding hydrogens is 436 g/mol. The summed E-state index contributed by atoms with van der Waals surface area (Å²) >= 11 is 0. The number of amides is 2. The van der Waals surface area contributed by atoms with Crippen molar-refractivity contribution in [1.29, 1.82) is 0 Å². The molecule has 1 saturated carbocycles. The maximum absolute atomic E-state index is 12.7. The van der Waals surface area contributed by atoms with Crippen LogP contribution in [0.1, 0.15) is 46.9 Å². The number of carboxylic acids is 1. The minimum atomic E-state index is -0.978. The fourth-order valence-corrected chi connectivity index (χ4v) is 4.58. The molecule has 1 fully saturated rings. The zero-order chi connectivity index (χ0) is 23.7. The van der Waals surface area contributed by atoms with E-state index >= 15 is 0 Å². The van der Waals surface area contributed by atoms with Gasteiger partial charge in [0.25, 0.3) is 5.91 Å². The Bertz CT molecular complexity index is 1200. The second-order valence-corrected chi connectivity index (χ2v) is 8.63. The predicted octanol–water partition coefficient (Wildman–Crippen LogP) is 4.62. The normalized spacial score (nSPS) is 15.2. The molecule has 0 radical (unpaired) electrons. The number of furan rings is 1. The van der Waals surface area contributed by atoms with Gasteiger partial charge in [0, 0.05) is 18.0 Å². The standard InChI is InChI=1S/C26H24N2O6/c29-23(30)13-22(15-9-10-15)27-25(31)24-21(11-12-33-24)28-26(32)34-14-20-18-7-3-1-5-16(18)17-6-2-4-8-19(17)20/h1-8,11-12,15,20,22H,9-10,13-14H2,(H,27,31)(H,28,32)(H,29,30). The molecule has 1 aromatic heterocycles. The van der Waals surface area contributed by atoms with E-state index in [-0.39, 0.29) is 36.3 Å². The number of carboxylic acid groups (broad SMARTS) is 1. The average Bonchev–Trinajstić information content (AvgIpc) is 3.49. The van der Waals surface area contributed by atoms with E-state index in [1.807, 2.05) is 36.4 Å². The molecule has 0 aliphatic heterocycles. The Kier molecular flexibility index (Phi) is 5.79. The van der Waals surface area contributed by atoms with Gasteiger partial charge in [-0.2, -0.15) is 0 Å². The number of fused-ring (bicyclic) bond motifs is 3. The van der Waals surface area contributed by atoms with Crippen LogP contribution in [0.4, 0.5) is 10.5 Å². The van der Waals surface area contributed by atoms with E-state index in [9.17, 15) is 14.4 Å². The van der Waals surface area contributed by atoms with Gasteiger partial charge < -0.3 is 19.6 Å². The summed E-state index contributed by atoms with van der Waals surface area (Å²) in [6.07, 6.45) is 2.17. The first-order chi connectivity index (χ1) is 16.5. The highest BCUT2D eigenvalue weighted by molar-refractivity contribution is 6.00. The van der Waals surface area contributed by atoms with Crippen LogP contribution in [0.15, 0.2) is 65.3 Å². The summed E-state index contributed by atoms with van der Waals surface area (Å²) in [6, 6.07) is 17.1. The number of hydrogen-bond donors (Lipinski definition) is 3. The molecule has 0 spiro atoms. The third kappa shape index (κ3) is 4.39. The molecule has 2 aliphatic carbocycles. The quantitative estimate of drug-likeness (QED) is 0.451. The van der Waals surface area contributed by atoms with Crippen LogP contribution < -0.4 is 10.6 Å². The Morgan fingerprint density at radius 1 is 1.00 bits per heavy atom. The Hall–Kier alpha value is -4.07. The van der Waals surface area contributed by atoms with Gasteiger partial charge in [-0.15, -0.1) is 0 Å². The minimum Gasteiger partial charge on any atom is -0.481 e. The van der Waals surface area contributed by atoms with Crippen LogP contribution in [-0.4, -0.2) is 35.7 Å². The number of nitrogens with one attached hydrogen (secondary N) is 2. The van der Waals surface area contributed by atoms with Crippen molar-refractivity contribution in [2.45, 2.75) is 31.2 Å². The van der Waals surface area contributed by atoms with Crippen molar-refractivity contribution in [3.63, 3.8) is 0 Å². The fourth-order valence-electron chi connectivity index (χ4n) is 4.58. The highest BCUT2D eigenvalue weighted by Crippen LogP contribution is 2.44. The number of hydrogen-bond acceptors (Lipinski definition) is 5. The number of anilines is 1. The second kappa shape index (κ2) is 9.05. The van der Waals surface area contributed by atoms with Crippen LogP contribution in [0.25, 0.3) is 11.1 Å². The van der Waals surface area contributed by atoms with E-state index in [0.29, 0.717) is 0 Å². The van der Waals surface area contributed by atoms with Crippen molar-refractivity contribution in [3.8, 4) is 11.1 Å². The summed E-state index contributed by atoms with van der Waals surface area (Å²) in [4.78, 5) is 36.4. The molecule has 2 aliphatic rings. The maximum atomic E-state index is 12.7. The first-order valence-corrected chi connectivity index (χ1v) is 11.2. The Morgan fingerprint density at radius 3 is 2.26 bits per heavy atom. The molecule has 2 aromatic carbocycles. The lowest BCUT2D eigenvalue weighted by atomic mass is 9.98. The molecule has 3 aromatic rings. The third-order valence-corrected chi connectivity index (χ3v) is 6.35. The predicted molar refractivity (Wildman–Crippen MR) is 124 cm³/mol. The Labute approximate surface area is 195 Å². The van der Waals surface area contributed by atoms with E-state index in [1.54, 1.807) is 0 Å². The summed E-state index contributed by atoms with van der Waals surface area (Å²) in [5.74, 6) is -1.58. The summed E-state index contributed by atoms with van der Waals surface area (Å²) in [5.41, 5.74) is 4.63. The van der Waals surface area contributed by atoms with E-state index in [0.717, 1.165) is 35.1 Å². The second-order valence-electron chi connectivity index (χ2n) is 8.63. The molecule has 1 unspecified atom stereocenters. The number of carbonyl (C=O) groups excluding carboxylic acids is 2. The Balaban J connectivity index is 1.23. The maximum Gasteiger partial charge on any atom is 0.411 e. The first kappa shape index (κ1) is 21.8. The minimum absolute atomic E-state index is 0.0828. The fraction of sp³-hybridized carbons (Fsp3) is 0.269. The van der Waals surface area contributed by atoms with E-state index in [4.69, 9.17) is 14.3 Å². The number of rotatable bonds is 8. The molecule has 1 heterocycles. The van der Waals surface area contributed by atoms with Gasteiger partial charge in [0.1, 0.15) is 6.61 Å². The molecule has 8 nitrogen and oxygen atoms in total. The summed E-state index contributed by atoms with van der Waals surface area (Å²) < 4.78 is 10.8. The van der Waals surface area contributed by atoms with Crippen LogP contribution in [0.2, 0.25) is 0 Å². The molecular formula is C26H24N2O6. The topological polar surface area (TPSA) is 118 Å². The lowest BCUT2D eigenvalue weighted by molar-refractivity contribution is -0.137. The monoisotopic (exact) mass is 460 g/mol. The van der Waals surface area contributed by atoms with Gasteiger partial charge in [0.2, 0.25) is 5.76 Å². The van der Waals surface area contributed by atoms with E-state index in [1.165, 1.54) is 12.3 Å². The van der Waals surface area contributed by atoms with Gasteiger partial charge >= 0.3 is 12.1 Å². The molecule has 174 valence electrons. The number of aliphatic carboxylic acids is 1. The first-order valence-electron chi connectivity index (χ1n) is 11.2. The van der Waals surface area contributed by atoms with Gasteiger partial charge in [0.15, 0.2) is 0 Å². The summed E-state index contributed by atoms with van der Waals surface area (Å²) in [6.45, 7) is 0.140. The molecule has 1 atom stereocenters. The molecule has 34 heavy (non-hydrogen) atoms. The van der Waals surface area contributed by atoms with Gasteiger partial charge in [-0.05, 0) is 41.0 Å². The molecule has 8 heteroatoms. The van der Waals surface area contributed by atoms with Crippen molar-refractivity contribution in [1.82, 2.24) is 5.32 Å². The number of ether oxygens (including phenoxy) is 1. The SMILES string of the molecule is O=C(O)CC(NC(=O)c1occc1NC(=O)OCC1c2ccccc2-c2ccccc21)C1CC1. The molecule has 3 N–H and O–H groups in total. The lowest BCUT2D eigenvalue weighted by Crippen LogP contribution is -2.38. The van der Waals surface area contributed by atoms with Crippen LogP contribution in [0, 0.1) is 5.92 Å². The zero-order valence-electron chi connectivity index (χ0n) is 18.3. The van der Waals surface area contributed by atoms with Gasteiger partial charge in [-0.1, -0.05) is 48.5 Å². The average molecular weight is 460 g/mol. The van der Waals surface area contributed by atoms with Crippen molar-refractivity contribution in [2.24, 2.45) is 5.92 Å². The van der Waals surface area contributed by atoms with Crippen molar-refractivity contribution >= 4 is 23.7 Å². The number of carbonyl (C=O) groups is 3. The van der Waals surface area contributed by atoms with Crippen LogP contribution in [0.3, 0.4) is 0 Å². The van der Waals surface area contributed by atoms with E-state index < -0.39 is 24.0 Å². The highest BCUT2D eigenvalue weighted by Gasteiger charge is 2.35. The third-order valence-electron chi connectivity index (χ3n) is 6.35. The molecule has 0 saturated heterocycles. The molecule has 0 bridgehead atoms. The van der Waals surface area contributed by atoms with Crippen LogP contribution >= 0.6 is 0 Å². The van der Waals surface area contributed by atoms with Crippen molar-refractivity contribution in [3.05, 3.63) is 77.7 Å². The largest absolute Gasteiger partial charge is 0.481 e. The smallest absolute Gasteiger partial charge is 0.411 e. The van der Waals surface area contributed by atoms with Gasteiger partial charge in [-0.3, -0.25) is 14.9 Å². The zero-order valence-corrected chi connectivity index (χ0v) is 18.3. The molecule has 5 rings (SSSR count). The van der Waals surface area contributed by atoms with Crippen molar-refractivity contribution < 1.29 is 28.6 Å². The van der Waals surface area contributed by atoms with Crippen molar-refractivity contribution in [2.75, 3.05) is 11.9 Å².